The van der Waals surface area contributed by atoms with Crippen molar-refractivity contribution < 1.29 is 5.11 Å². The highest BCUT2D eigenvalue weighted by atomic mass is 16.3. The maximum absolute atomic E-state index is 8.95. The number of hydrogen-bond donors (Lipinski definition) is 1. The molecule has 1 heterocycles. The van der Waals surface area contributed by atoms with Crippen LogP contribution in [0.2, 0.25) is 0 Å². The molecular formula is C14H21N3O. The summed E-state index contributed by atoms with van der Waals surface area (Å²) in [6, 6.07) is 0. The van der Waals surface area contributed by atoms with Gasteiger partial charge in [-0.15, -0.1) is 0 Å². The third-order valence-corrected chi connectivity index (χ3v) is 4.64. The summed E-state index contributed by atoms with van der Waals surface area (Å²) in [6.07, 6.45) is 9.16. The molecule has 0 aliphatic heterocycles. The van der Waals surface area contributed by atoms with Crippen molar-refractivity contribution >= 4 is 5.82 Å². The van der Waals surface area contributed by atoms with Crippen LogP contribution < -0.4 is 4.90 Å². The van der Waals surface area contributed by atoms with Crippen LogP contribution in [0.25, 0.3) is 0 Å². The summed E-state index contributed by atoms with van der Waals surface area (Å²) < 4.78 is 0. The summed E-state index contributed by atoms with van der Waals surface area (Å²) in [5, 5.41) is 8.95. The zero-order valence-corrected chi connectivity index (χ0v) is 10.9. The molecule has 1 aromatic rings. The Bertz CT molecular complexity index is 406. The first-order chi connectivity index (χ1) is 8.76. The standard InChI is InChI=1S/C14H21N3O/c1-17(14-7-15-13(9-18)6-16-14)8-12-5-10-2-3-11(12)4-10/h6-7,10-12,18H,2-5,8-9H2,1H3. The fourth-order valence-corrected chi connectivity index (χ4v) is 3.67. The maximum Gasteiger partial charge on any atom is 0.146 e. The molecule has 2 aliphatic rings. The van der Waals surface area contributed by atoms with E-state index < -0.39 is 0 Å². The van der Waals surface area contributed by atoms with Gasteiger partial charge in [0.15, 0.2) is 0 Å². The average molecular weight is 247 g/mol. The van der Waals surface area contributed by atoms with Crippen molar-refractivity contribution in [2.24, 2.45) is 17.8 Å². The van der Waals surface area contributed by atoms with Gasteiger partial charge in [0.1, 0.15) is 5.82 Å². The Balaban J connectivity index is 1.62. The lowest BCUT2D eigenvalue weighted by molar-refractivity contribution is 0.276. The number of hydrogen-bond acceptors (Lipinski definition) is 4. The zero-order valence-electron chi connectivity index (χ0n) is 10.9. The van der Waals surface area contributed by atoms with Crippen LogP contribution in [0.1, 0.15) is 31.4 Å². The molecule has 0 aromatic carbocycles. The summed E-state index contributed by atoms with van der Waals surface area (Å²) in [4.78, 5) is 10.8. The Morgan fingerprint density at radius 3 is 2.72 bits per heavy atom. The second-order valence-electron chi connectivity index (χ2n) is 5.84. The molecule has 3 atom stereocenters. The number of rotatable bonds is 4. The van der Waals surface area contributed by atoms with Crippen molar-refractivity contribution in [3.05, 3.63) is 18.1 Å². The molecule has 0 radical (unpaired) electrons. The average Bonchev–Trinajstić information content (AvgIpc) is 3.01. The molecule has 2 aliphatic carbocycles. The van der Waals surface area contributed by atoms with E-state index in [-0.39, 0.29) is 6.61 Å². The van der Waals surface area contributed by atoms with Gasteiger partial charge < -0.3 is 10.0 Å². The van der Waals surface area contributed by atoms with Crippen molar-refractivity contribution in [1.29, 1.82) is 0 Å². The third-order valence-electron chi connectivity index (χ3n) is 4.64. The van der Waals surface area contributed by atoms with Crippen LogP contribution in [-0.4, -0.2) is 28.7 Å². The predicted molar refractivity (Wildman–Crippen MR) is 70.2 cm³/mol. The normalized spacial score (nSPS) is 29.8. The van der Waals surface area contributed by atoms with Gasteiger partial charge >= 0.3 is 0 Å². The second-order valence-corrected chi connectivity index (χ2v) is 5.84. The number of fused-ring (bicyclic) bond motifs is 2. The van der Waals surface area contributed by atoms with E-state index >= 15 is 0 Å². The molecule has 0 spiro atoms. The van der Waals surface area contributed by atoms with Crippen LogP contribution in [0, 0.1) is 17.8 Å². The minimum atomic E-state index is -0.0383. The van der Waals surface area contributed by atoms with E-state index in [0.29, 0.717) is 5.69 Å². The Morgan fingerprint density at radius 2 is 2.17 bits per heavy atom. The summed E-state index contributed by atoms with van der Waals surface area (Å²) in [5.41, 5.74) is 0.632. The molecule has 4 heteroatoms. The van der Waals surface area contributed by atoms with E-state index in [0.717, 1.165) is 30.1 Å². The molecule has 2 bridgehead atoms. The SMILES string of the molecule is CN(CC1CC2CCC1C2)c1cnc(CO)cn1. The fraction of sp³-hybridized carbons (Fsp3) is 0.714. The van der Waals surface area contributed by atoms with Gasteiger partial charge in [0.2, 0.25) is 0 Å². The van der Waals surface area contributed by atoms with E-state index in [9.17, 15) is 0 Å². The maximum atomic E-state index is 8.95. The largest absolute Gasteiger partial charge is 0.390 e. The molecular weight excluding hydrogens is 226 g/mol. The summed E-state index contributed by atoms with van der Waals surface area (Å²) in [5.74, 6) is 3.70. The van der Waals surface area contributed by atoms with Crippen LogP contribution in [0.15, 0.2) is 12.4 Å². The summed E-state index contributed by atoms with van der Waals surface area (Å²) in [6.45, 7) is 1.05. The molecule has 0 saturated heterocycles. The lowest BCUT2D eigenvalue weighted by Gasteiger charge is -2.27. The van der Waals surface area contributed by atoms with Crippen molar-refractivity contribution in [2.45, 2.75) is 32.3 Å². The molecule has 3 unspecified atom stereocenters. The summed E-state index contributed by atoms with van der Waals surface area (Å²) >= 11 is 0. The van der Waals surface area contributed by atoms with E-state index in [4.69, 9.17) is 5.11 Å². The first-order valence-electron chi connectivity index (χ1n) is 6.89. The lowest BCUT2D eigenvalue weighted by atomic mass is 9.88. The van der Waals surface area contributed by atoms with E-state index in [1.807, 2.05) is 0 Å². The van der Waals surface area contributed by atoms with Crippen LogP contribution in [0.5, 0.6) is 0 Å². The van der Waals surface area contributed by atoms with Crippen LogP contribution in [-0.2, 0) is 6.61 Å². The molecule has 18 heavy (non-hydrogen) atoms. The highest BCUT2D eigenvalue weighted by molar-refractivity contribution is 5.34. The van der Waals surface area contributed by atoms with Crippen molar-refractivity contribution in [3.8, 4) is 0 Å². The topological polar surface area (TPSA) is 49.2 Å². The van der Waals surface area contributed by atoms with Gasteiger partial charge in [-0.1, -0.05) is 6.42 Å². The second kappa shape index (κ2) is 4.84. The predicted octanol–water partition coefficient (Wildman–Crippen LogP) is 1.84. The smallest absolute Gasteiger partial charge is 0.146 e. The fourth-order valence-electron chi connectivity index (χ4n) is 3.67. The highest BCUT2D eigenvalue weighted by Crippen LogP contribution is 2.48. The van der Waals surface area contributed by atoms with Crippen molar-refractivity contribution in [2.75, 3.05) is 18.5 Å². The van der Waals surface area contributed by atoms with Gasteiger partial charge in [-0.25, -0.2) is 4.98 Å². The molecule has 1 N–H and O–H groups in total. The first-order valence-corrected chi connectivity index (χ1v) is 6.89. The van der Waals surface area contributed by atoms with E-state index in [2.05, 4.69) is 21.9 Å². The number of aliphatic hydroxyl groups is 1. The quantitative estimate of drug-likeness (QED) is 0.882. The van der Waals surface area contributed by atoms with Crippen molar-refractivity contribution in [3.63, 3.8) is 0 Å². The summed E-state index contributed by atoms with van der Waals surface area (Å²) in [7, 11) is 2.09. The number of aliphatic hydroxyl groups excluding tert-OH is 1. The lowest BCUT2D eigenvalue weighted by Crippen LogP contribution is -2.29. The van der Waals surface area contributed by atoms with Gasteiger partial charge in [-0.05, 0) is 37.0 Å². The van der Waals surface area contributed by atoms with Gasteiger partial charge in [0.05, 0.1) is 24.7 Å². The molecule has 4 nitrogen and oxygen atoms in total. The Morgan fingerprint density at radius 1 is 1.28 bits per heavy atom. The van der Waals surface area contributed by atoms with E-state index in [1.165, 1.54) is 25.7 Å². The molecule has 2 saturated carbocycles. The van der Waals surface area contributed by atoms with Gasteiger partial charge in [0, 0.05) is 13.6 Å². The molecule has 3 rings (SSSR count). The minimum absolute atomic E-state index is 0.0383. The highest BCUT2D eigenvalue weighted by Gasteiger charge is 2.39. The van der Waals surface area contributed by atoms with Crippen LogP contribution in [0.3, 0.4) is 0 Å². The molecule has 0 amide bonds. The molecule has 2 fully saturated rings. The number of anilines is 1. The third kappa shape index (κ3) is 2.21. The monoisotopic (exact) mass is 247 g/mol. The zero-order chi connectivity index (χ0) is 12.5. The Labute approximate surface area is 108 Å². The number of aromatic nitrogens is 2. The molecule has 1 aromatic heterocycles. The number of nitrogens with zero attached hydrogens (tertiary/aromatic N) is 3. The van der Waals surface area contributed by atoms with Gasteiger partial charge in [-0.2, -0.15) is 0 Å². The first kappa shape index (κ1) is 11.9. The Hall–Kier alpha value is -1.16. The minimum Gasteiger partial charge on any atom is -0.390 e. The van der Waals surface area contributed by atoms with Crippen LogP contribution >= 0.6 is 0 Å². The van der Waals surface area contributed by atoms with Crippen molar-refractivity contribution in [1.82, 2.24) is 9.97 Å². The van der Waals surface area contributed by atoms with Gasteiger partial charge in [-0.3, -0.25) is 4.98 Å². The molecule has 98 valence electrons. The van der Waals surface area contributed by atoms with Gasteiger partial charge in [0.25, 0.3) is 0 Å². The van der Waals surface area contributed by atoms with E-state index in [1.54, 1.807) is 12.4 Å². The van der Waals surface area contributed by atoms with Crippen LogP contribution in [0.4, 0.5) is 5.82 Å². The Kier molecular flexibility index (Phi) is 3.20.